The van der Waals surface area contributed by atoms with Gasteiger partial charge in [-0.15, -0.1) is 0 Å². The van der Waals surface area contributed by atoms with Crippen LogP contribution < -0.4 is 5.32 Å². The molecule has 3 aromatic rings. The Kier molecular flexibility index (Phi) is 4.53. The average molecular weight is 370 g/mol. The van der Waals surface area contributed by atoms with Crippen molar-refractivity contribution in [2.45, 2.75) is 18.9 Å². The zero-order valence-corrected chi connectivity index (χ0v) is 14.2. The van der Waals surface area contributed by atoms with Gasteiger partial charge in [0, 0.05) is 18.2 Å². The number of anilines is 1. The Hall–Kier alpha value is -3.29. The minimum absolute atomic E-state index is 0.207. The third kappa shape index (κ3) is 3.51. The summed E-state index contributed by atoms with van der Waals surface area (Å²) in [6, 6.07) is 11.3. The van der Waals surface area contributed by atoms with Gasteiger partial charge in [-0.1, -0.05) is 35.5 Å². The first-order valence-electron chi connectivity index (χ1n) is 8.53. The second-order valence-corrected chi connectivity index (χ2v) is 6.23. The summed E-state index contributed by atoms with van der Waals surface area (Å²) < 4.78 is 32.5. The molecule has 1 aliphatic rings. The number of aromatic nitrogens is 2. The van der Waals surface area contributed by atoms with Gasteiger partial charge in [-0.05, 0) is 25.0 Å². The second-order valence-electron chi connectivity index (χ2n) is 6.23. The Balaban J connectivity index is 1.53. The first kappa shape index (κ1) is 17.1. The van der Waals surface area contributed by atoms with Gasteiger partial charge in [-0.3, -0.25) is 0 Å². The fourth-order valence-corrected chi connectivity index (χ4v) is 3.12. The summed E-state index contributed by atoms with van der Waals surface area (Å²) in [5.74, 6) is -0.575. The molecule has 138 valence electrons. The third-order valence-electron chi connectivity index (χ3n) is 4.44. The minimum atomic E-state index is -0.704. The number of halogens is 2. The molecular formula is C19H16F2N4O2. The lowest BCUT2D eigenvalue weighted by atomic mass is 10.2. The molecule has 1 unspecified atom stereocenters. The first-order valence-corrected chi connectivity index (χ1v) is 8.53. The molecule has 2 heterocycles. The number of hydrogen-bond donors (Lipinski definition) is 1. The van der Waals surface area contributed by atoms with Gasteiger partial charge in [-0.25, -0.2) is 13.6 Å². The van der Waals surface area contributed by atoms with Gasteiger partial charge in [-0.2, -0.15) is 4.98 Å². The van der Waals surface area contributed by atoms with E-state index in [1.807, 2.05) is 30.3 Å². The molecule has 0 saturated carbocycles. The lowest BCUT2D eigenvalue weighted by Gasteiger charge is -2.22. The van der Waals surface area contributed by atoms with E-state index < -0.39 is 23.7 Å². The number of likely N-dealkylation sites (tertiary alicyclic amines) is 1. The molecule has 0 bridgehead atoms. The smallest absolute Gasteiger partial charge is 0.322 e. The number of nitrogens with one attached hydrogen (secondary N) is 1. The van der Waals surface area contributed by atoms with Crippen LogP contribution in [0.5, 0.6) is 0 Å². The summed E-state index contributed by atoms with van der Waals surface area (Å²) >= 11 is 0. The van der Waals surface area contributed by atoms with E-state index in [1.165, 1.54) is 4.90 Å². The molecule has 27 heavy (non-hydrogen) atoms. The molecule has 0 radical (unpaired) electrons. The molecule has 4 rings (SSSR count). The fraction of sp³-hybridized carbons (Fsp3) is 0.211. The van der Waals surface area contributed by atoms with Crippen molar-refractivity contribution in [3.63, 3.8) is 0 Å². The zero-order valence-electron chi connectivity index (χ0n) is 14.2. The van der Waals surface area contributed by atoms with Crippen LogP contribution in [0.15, 0.2) is 53.1 Å². The highest BCUT2D eigenvalue weighted by Crippen LogP contribution is 2.32. The molecule has 8 heteroatoms. The van der Waals surface area contributed by atoms with Gasteiger partial charge in [0.2, 0.25) is 11.7 Å². The molecule has 1 aromatic heterocycles. The molecule has 2 amide bonds. The fourth-order valence-electron chi connectivity index (χ4n) is 3.12. The highest BCUT2D eigenvalue weighted by atomic mass is 19.1. The Morgan fingerprint density at radius 3 is 2.81 bits per heavy atom. The van der Waals surface area contributed by atoms with E-state index in [0.717, 1.165) is 30.2 Å². The lowest BCUT2D eigenvalue weighted by molar-refractivity contribution is 0.193. The lowest BCUT2D eigenvalue weighted by Crippen LogP contribution is -2.34. The molecule has 2 aromatic carbocycles. The molecule has 1 atom stereocenters. The van der Waals surface area contributed by atoms with Gasteiger partial charge in [0.25, 0.3) is 0 Å². The molecule has 0 spiro atoms. The Morgan fingerprint density at radius 2 is 2.00 bits per heavy atom. The average Bonchev–Trinajstić information content (AvgIpc) is 3.34. The summed E-state index contributed by atoms with van der Waals surface area (Å²) in [7, 11) is 0. The highest BCUT2D eigenvalue weighted by Gasteiger charge is 2.34. The van der Waals surface area contributed by atoms with Crippen molar-refractivity contribution in [2.75, 3.05) is 11.9 Å². The summed E-state index contributed by atoms with van der Waals surface area (Å²) in [5, 5.41) is 6.39. The van der Waals surface area contributed by atoms with Crippen LogP contribution in [0.2, 0.25) is 0 Å². The van der Waals surface area contributed by atoms with Crippen molar-refractivity contribution < 1.29 is 18.1 Å². The van der Waals surface area contributed by atoms with Crippen LogP contribution in [0.3, 0.4) is 0 Å². The van der Waals surface area contributed by atoms with E-state index in [0.29, 0.717) is 24.7 Å². The van der Waals surface area contributed by atoms with Gasteiger partial charge in [0.1, 0.15) is 17.7 Å². The van der Waals surface area contributed by atoms with E-state index in [-0.39, 0.29) is 5.69 Å². The molecule has 6 nitrogen and oxygen atoms in total. The van der Waals surface area contributed by atoms with Crippen molar-refractivity contribution in [1.29, 1.82) is 0 Å². The van der Waals surface area contributed by atoms with Crippen LogP contribution in [0.25, 0.3) is 11.4 Å². The minimum Gasteiger partial charge on any atom is -0.337 e. The number of rotatable bonds is 3. The summed E-state index contributed by atoms with van der Waals surface area (Å²) in [6.45, 7) is 0.455. The van der Waals surface area contributed by atoms with Crippen LogP contribution >= 0.6 is 0 Å². The number of hydrogen-bond acceptors (Lipinski definition) is 4. The van der Waals surface area contributed by atoms with Crippen LogP contribution in [0.4, 0.5) is 19.3 Å². The van der Waals surface area contributed by atoms with Crippen molar-refractivity contribution in [3.8, 4) is 11.4 Å². The Labute approximate surface area is 153 Å². The number of benzene rings is 2. The first-order chi connectivity index (χ1) is 13.1. The number of nitrogens with zero attached hydrogens (tertiary/aromatic N) is 3. The maximum Gasteiger partial charge on any atom is 0.322 e. The molecule has 1 saturated heterocycles. The van der Waals surface area contributed by atoms with E-state index in [4.69, 9.17) is 4.52 Å². The van der Waals surface area contributed by atoms with E-state index in [1.54, 1.807) is 0 Å². The van der Waals surface area contributed by atoms with Gasteiger partial charge >= 0.3 is 6.03 Å². The Bertz CT molecular complexity index is 961. The number of carbonyl (C=O) groups is 1. The number of urea groups is 1. The van der Waals surface area contributed by atoms with E-state index in [9.17, 15) is 13.6 Å². The predicted octanol–water partition coefficient (Wildman–Crippen LogP) is 4.38. The maximum atomic E-state index is 13.8. The number of amides is 2. The Morgan fingerprint density at radius 1 is 1.19 bits per heavy atom. The van der Waals surface area contributed by atoms with Crippen molar-refractivity contribution in [1.82, 2.24) is 15.0 Å². The molecule has 0 aliphatic carbocycles. The van der Waals surface area contributed by atoms with Crippen LogP contribution in [-0.4, -0.2) is 27.6 Å². The second kappa shape index (κ2) is 7.14. The third-order valence-corrected chi connectivity index (χ3v) is 4.44. The van der Waals surface area contributed by atoms with Crippen LogP contribution in [-0.2, 0) is 0 Å². The largest absolute Gasteiger partial charge is 0.337 e. The summed E-state index contributed by atoms with van der Waals surface area (Å²) in [6.07, 6.45) is 1.39. The maximum absolute atomic E-state index is 13.8. The van der Waals surface area contributed by atoms with Crippen molar-refractivity contribution in [3.05, 3.63) is 66.1 Å². The summed E-state index contributed by atoms with van der Waals surface area (Å²) in [4.78, 5) is 18.5. The highest BCUT2D eigenvalue weighted by molar-refractivity contribution is 5.89. The number of carbonyl (C=O) groups excluding carboxylic acids is 1. The zero-order chi connectivity index (χ0) is 18.8. The van der Waals surface area contributed by atoms with Crippen molar-refractivity contribution in [2.24, 2.45) is 0 Å². The SMILES string of the molecule is O=C(Nc1cc(F)ccc1F)N1CCCC1c1nc(-c2ccccc2)no1. The quantitative estimate of drug-likeness (QED) is 0.743. The topological polar surface area (TPSA) is 71.3 Å². The molecule has 1 aliphatic heterocycles. The molecular weight excluding hydrogens is 354 g/mol. The van der Waals surface area contributed by atoms with Crippen LogP contribution in [0, 0.1) is 11.6 Å². The molecule has 1 fully saturated rings. The standard InChI is InChI=1S/C19H16F2N4O2/c20-13-8-9-14(21)15(11-13)22-19(26)25-10-4-7-16(25)18-23-17(24-27-18)12-5-2-1-3-6-12/h1-3,5-6,8-9,11,16H,4,7,10H2,(H,22,26). The van der Waals surface area contributed by atoms with E-state index in [2.05, 4.69) is 15.5 Å². The van der Waals surface area contributed by atoms with E-state index >= 15 is 0 Å². The predicted molar refractivity (Wildman–Crippen MR) is 93.8 cm³/mol. The summed E-state index contributed by atoms with van der Waals surface area (Å²) in [5.41, 5.74) is 0.601. The monoisotopic (exact) mass is 370 g/mol. The van der Waals surface area contributed by atoms with Crippen LogP contribution in [0.1, 0.15) is 24.8 Å². The normalized spacial score (nSPS) is 16.5. The van der Waals surface area contributed by atoms with Gasteiger partial charge < -0.3 is 14.7 Å². The van der Waals surface area contributed by atoms with Crippen molar-refractivity contribution >= 4 is 11.7 Å². The van der Waals surface area contributed by atoms with Gasteiger partial charge in [0.05, 0.1) is 5.69 Å². The molecule has 1 N–H and O–H groups in total. The van der Waals surface area contributed by atoms with Gasteiger partial charge in [0.15, 0.2) is 0 Å².